The van der Waals surface area contributed by atoms with Gasteiger partial charge in [0.15, 0.2) is 17.5 Å². The van der Waals surface area contributed by atoms with Crippen LogP contribution in [0.15, 0.2) is 23.2 Å². The standard InChI is InChI=1S/C21H32N4O5.HI/c1-14(19(27)28-5)12-22-20(23-13-18(26)25-21(2,3)4)24-15-7-8-16-17(11-15)30-10-6-9-29-16;/h7-8,11,14H,6,9-10,12-13H2,1-5H3,(H,25,26)(H2,22,23,24);1H. The largest absolute Gasteiger partial charge is 0.490 e. The molecule has 2 rings (SSSR count). The summed E-state index contributed by atoms with van der Waals surface area (Å²) < 4.78 is 16.1. The van der Waals surface area contributed by atoms with E-state index in [1.54, 1.807) is 6.92 Å². The van der Waals surface area contributed by atoms with Crippen molar-refractivity contribution in [2.75, 3.05) is 38.7 Å². The van der Waals surface area contributed by atoms with E-state index in [1.165, 1.54) is 7.11 Å². The van der Waals surface area contributed by atoms with Gasteiger partial charge < -0.3 is 30.2 Å². The van der Waals surface area contributed by atoms with Gasteiger partial charge in [0, 0.05) is 30.3 Å². The maximum Gasteiger partial charge on any atom is 0.310 e. The van der Waals surface area contributed by atoms with Crippen LogP contribution < -0.4 is 25.4 Å². The van der Waals surface area contributed by atoms with Gasteiger partial charge in [-0.3, -0.25) is 9.59 Å². The van der Waals surface area contributed by atoms with Crippen LogP contribution in [0.1, 0.15) is 34.1 Å². The molecule has 1 aromatic carbocycles. The van der Waals surface area contributed by atoms with Gasteiger partial charge >= 0.3 is 5.97 Å². The minimum atomic E-state index is -0.380. The number of benzene rings is 1. The summed E-state index contributed by atoms with van der Waals surface area (Å²) in [6.07, 6.45) is 0.819. The van der Waals surface area contributed by atoms with Gasteiger partial charge in [0.1, 0.15) is 6.54 Å². The molecule has 0 aliphatic carbocycles. The highest BCUT2D eigenvalue weighted by molar-refractivity contribution is 14.0. The first-order chi connectivity index (χ1) is 14.2. The first-order valence-electron chi connectivity index (χ1n) is 10.0. The lowest BCUT2D eigenvalue weighted by atomic mass is 10.1. The third kappa shape index (κ3) is 9.62. The quantitative estimate of drug-likeness (QED) is 0.217. The second kappa shape index (κ2) is 12.6. The average Bonchev–Trinajstić information content (AvgIpc) is 2.92. The van der Waals surface area contributed by atoms with E-state index in [9.17, 15) is 9.59 Å². The molecule has 0 saturated carbocycles. The van der Waals surface area contributed by atoms with E-state index in [0.717, 1.165) is 6.42 Å². The molecule has 1 atom stereocenters. The summed E-state index contributed by atoms with van der Waals surface area (Å²) in [5.74, 6) is 0.781. The number of guanidine groups is 1. The number of hydrogen-bond acceptors (Lipinski definition) is 6. The van der Waals surface area contributed by atoms with Gasteiger partial charge in [-0.05, 0) is 32.9 Å². The third-order valence-corrected chi connectivity index (χ3v) is 4.08. The van der Waals surface area contributed by atoms with Crippen LogP contribution in [0, 0.1) is 5.92 Å². The van der Waals surface area contributed by atoms with Crippen LogP contribution in [-0.2, 0) is 14.3 Å². The predicted octanol–water partition coefficient (Wildman–Crippen LogP) is 2.55. The number of nitrogens with one attached hydrogen (secondary N) is 3. The van der Waals surface area contributed by atoms with Gasteiger partial charge in [0.25, 0.3) is 0 Å². The molecule has 174 valence electrons. The third-order valence-electron chi connectivity index (χ3n) is 4.08. The number of nitrogens with zero attached hydrogens (tertiary/aromatic N) is 1. The zero-order chi connectivity index (χ0) is 22.1. The Morgan fingerprint density at radius 3 is 2.52 bits per heavy atom. The Morgan fingerprint density at radius 1 is 1.19 bits per heavy atom. The number of rotatable bonds is 6. The lowest BCUT2D eigenvalue weighted by Gasteiger charge is -2.20. The number of amides is 1. The van der Waals surface area contributed by atoms with E-state index < -0.39 is 0 Å². The number of carbonyl (C=O) groups excluding carboxylic acids is 2. The molecule has 9 nitrogen and oxygen atoms in total. The minimum absolute atomic E-state index is 0. The highest BCUT2D eigenvalue weighted by Crippen LogP contribution is 2.32. The molecule has 31 heavy (non-hydrogen) atoms. The molecule has 1 aliphatic rings. The molecule has 0 bridgehead atoms. The van der Waals surface area contributed by atoms with Crippen LogP contribution in [0.2, 0.25) is 0 Å². The molecule has 1 aliphatic heterocycles. The monoisotopic (exact) mass is 548 g/mol. The second-order valence-corrected chi connectivity index (χ2v) is 8.11. The van der Waals surface area contributed by atoms with Crippen LogP contribution in [0.3, 0.4) is 0 Å². The van der Waals surface area contributed by atoms with Crippen LogP contribution in [0.5, 0.6) is 11.5 Å². The van der Waals surface area contributed by atoms with Crippen molar-refractivity contribution in [3.05, 3.63) is 18.2 Å². The normalized spacial score (nSPS) is 14.4. The van der Waals surface area contributed by atoms with E-state index >= 15 is 0 Å². The number of hydrogen-bond donors (Lipinski definition) is 3. The predicted molar refractivity (Wildman–Crippen MR) is 130 cm³/mol. The number of aliphatic imine (C=N–C) groups is 1. The van der Waals surface area contributed by atoms with E-state index in [-0.39, 0.29) is 53.9 Å². The Hall–Kier alpha value is -2.24. The molecule has 1 amide bonds. The number of fused-ring (bicyclic) bond motifs is 1. The second-order valence-electron chi connectivity index (χ2n) is 8.11. The zero-order valence-corrected chi connectivity index (χ0v) is 21.1. The Morgan fingerprint density at radius 2 is 1.87 bits per heavy atom. The fourth-order valence-corrected chi connectivity index (χ4v) is 2.66. The van der Waals surface area contributed by atoms with Crippen LogP contribution in [0.25, 0.3) is 0 Å². The number of ether oxygens (including phenoxy) is 3. The topological polar surface area (TPSA) is 110 Å². The molecule has 0 radical (unpaired) electrons. The van der Waals surface area contributed by atoms with Crippen molar-refractivity contribution in [1.82, 2.24) is 10.6 Å². The van der Waals surface area contributed by atoms with E-state index in [2.05, 4.69) is 20.9 Å². The Labute approximate surface area is 200 Å². The smallest absolute Gasteiger partial charge is 0.310 e. The van der Waals surface area contributed by atoms with Crippen LogP contribution >= 0.6 is 24.0 Å². The van der Waals surface area contributed by atoms with Crippen molar-refractivity contribution in [1.29, 1.82) is 0 Å². The highest BCUT2D eigenvalue weighted by Gasteiger charge is 2.16. The van der Waals surface area contributed by atoms with E-state index in [1.807, 2.05) is 39.0 Å². The molecule has 1 heterocycles. The maximum absolute atomic E-state index is 12.2. The first-order valence-corrected chi connectivity index (χ1v) is 10.0. The summed E-state index contributed by atoms with van der Waals surface area (Å²) in [7, 11) is 1.35. The maximum atomic E-state index is 12.2. The molecule has 0 aromatic heterocycles. The van der Waals surface area contributed by atoms with Crippen molar-refractivity contribution in [3.8, 4) is 11.5 Å². The number of halogens is 1. The lowest BCUT2D eigenvalue weighted by Crippen LogP contribution is -2.42. The number of carbonyl (C=O) groups is 2. The van der Waals surface area contributed by atoms with Gasteiger partial charge in [0.2, 0.25) is 5.91 Å². The summed E-state index contributed by atoms with van der Waals surface area (Å²) in [5.41, 5.74) is 0.369. The highest BCUT2D eigenvalue weighted by atomic mass is 127. The SMILES string of the molecule is COC(=O)C(C)CNC(=NCC(=O)NC(C)(C)C)Nc1ccc2c(c1)OCCCO2.I. The van der Waals surface area contributed by atoms with Gasteiger partial charge in [-0.25, -0.2) is 4.99 Å². The number of anilines is 1. The summed E-state index contributed by atoms with van der Waals surface area (Å²) in [5, 5.41) is 9.10. The van der Waals surface area contributed by atoms with Crippen LogP contribution in [-0.4, -0.2) is 56.8 Å². The molecule has 0 spiro atoms. The fourth-order valence-electron chi connectivity index (χ4n) is 2.66. The molecule has 10 heteroatoms. The summed E-state index contributed by atoms with van der Waals surface area (Å²) in [6.45, 7) is 8.89. The molecule has 0 saturated heterocycles. The fraction of sp³-hybridized carbons (Fsp3) is 0.571. The van der Waals surface area contributed by atoms with Crippen molar-refractivity contribution in [2.45, 2.75) is 39.7 Å². The van der Waals surface area contributed by atoms with Crippen molar-refractivity contribution < 1.29 is 23.8 Å². The lowest BCUT2D eigenvalue weighted by molar-refractivity contribution is -0.144. The Balaban J connectivity index is 0.00000480. The van der Waals surface area contributed by atoms with Crippen molar-refractivity contribution in [3.63, 3.8) is 0 Å². The zero-order valence-electron chi connectivity index (χ0n) is 18.7. The Bertz CT molecular complexity index is 780. The average molecular weight is 548 g/mol. The minimum Gasteiger partial charge on any atom is -0.490 e. The van der Waals surface area contributed by atoms with Gasteiger partial charge in [-0.2, -0.15) is 0 Å². The molecule has 0 fully saturated rings. The first kappa shape index (κ1) is 26.8. The summed E-state index contributed by atoms with van der Waals surface area (Å²) in [4.78, 5) is 28.2. The van der Waals surface area contributed by atoms with E-state index in [4.69, 9.17) is 14.2 Å². The van der Waals surface area contributed by atoms with Gasteiger partial charge in [0.05, 0.1) is 26.2 Å². The molecule has 3 N–H and O–H groups in total. The summed E-state index contributed by atoms with van der Waals surface area (Å²) >= 11 is 0. The molecule has 1 unspecified atom stereocenters. The Kier molecular flexibility index (Phi) is 10.9. The molecular weight excluding hydrogens is 515 g/mol. The molecule has 1 aromatic rings. The van der Waals surface area contributed by atoms with E-state index in [0.29, 0.717) is 42.9 Å². The summed E-state index contributed by atoms with van der Waals surface area (Å²) in [6, 6.07) is 5.48. The number of esters is 1. The van der Waals surface area contributed by atoms with Crippen molar-refractivity contribution in [2.24, 2.45) is 10.9 Å². The van der Waals surface area contributed by atoms with Crippen LogP contribution in [0.4, 0.5) is 5.69 Å². The number of methoxy groups -OCH3 is 1. The molecular formula is C21H33IN4O5. The van der Waals surface area contributed by atoms with Crippen molar-refractivity contribution >= 4 is 47.5 Å². The van der Waals surface area contributed by atoms with Gasteiger partial charge in [-0.15, -0.1) is 24.0 Å². The van der Waals surface area contributed by atoms with Gasteiger partial charge in [-0.1, -0.05) is 6.92 Å².